The highest BCUT2D eigenvalue weighted by atomic mass is 16.5. The van der Waals surface area contributed by atoms with Crippen LogP contribution in [0.25, 0.3) is 0 Å². The molecule has 0 bridgehead atoms. The van der Waals surface area contributed by atoms with Crippen molar-refractivity contribution in [3.05, 3.63) is 109 Å². The number of hydrogen-bond acceptors (Lipinski definition) is 4. The number of rotatable bonds is 15. The molecule has 6 heteroatoms. The highest BCUT2D eigenvalue weighted by Gasteiger charge is 2.10. The van der Waals surface area contributed by atoms with Gasteiger partial charge >= 0.3 is 0 Å². The van der Waals surface area contributed by atoms with Crippen LogP contribution in [0.1, 0.15) is 51.4 Å². The number of hydrogen-bond donors (Lipinski definition) is 2. The van der Waals surface area contributed by atoms with E-state index in [4.69, 9.17) is 9.47 Å². The lowest BCUT2D eigenvalue weighted by Crippen LogP contribution is -2.12. The maximum Gasteiger partial charge on any atom is 0.224 e. The van der Waals surface area contributed by atoms with Crippen LogP contribution in [0.3, 0.4) is 0 Å². The van der Waals surface area contributed by atoms with Crippen molar-refractivity contribution < 1.29 is 19.1 Å². The fourth-order valence-electron chi connectivity index (χ4n) is 4.25. The largest absolute Gasteiger partial charge is 0.455 e. The van der Waals surface area contributed by atoms with Crippen LogP contribution in [0.4, 0.5) is 11.4 Å². The molecule has 0 saturated carbocycles. The summed E-state index contributed by atoms with van der Waals surface area (Å²) < 4.78 is 11.8. The quantitative estimate of drug-likeness (QED) is 0.149. The van der Waals surface area contributed by atoms with E-state index < -0.39 is 0 Å². The van der Waals surface area contributed by atoms with Crippen molar-refractivity contribution in [3.63, 3.8) is 0 Å². The molecule has 0 fully saturated rings. The number of carbonyl (C=O) groups excluding carboxylic acids is 2. The third kappa shape index (κ3) is 9.62. The predicted octanol–water partition coefficient (Wildman–Crippen LogP) is 8.97. The topological polar surface area (TPSA) is 76.7 Å². The van der Waals surface area contributed by atoms with E-state index in [0.717, 1.165) is 50.0 Å². The number of unbranched alkanes of at least 4 members (excludes halogenated alkanes) is 5. The molecule has 0 radical (unpaired) electrons. The average Bonchev–Trinajstić information content (AvgIpc) is 2.97. The fourth-order valence-corrected chi connectivity index (χ4v) is 4.25. The minimum atomic E-state index is -0.0164. The fraction of sp³-hybridized carbons (Fsp3) is 0.235. The van der Waals surface area contributed by atoms with E-state index in [2.05, 4.69) is 10.6 Å². The van der Waals surface area contributed by atoms with Crippen molar-refractivity contribution in [2.75, 3.05) is 10.6 Å². The van der Waals surface area contributed by atoms with Crippen molar-refractivity contribution in [2.45, 2.75) is 51.4 Å². The third-order valence-corrected chi connectivity index (χ3v) is 6.32. The molecule has 0 aliphatic rings. The third-order valence-electron chi connectivity index (χ3n) is 6.32. The molecule has 2 amide bonds. The highest BCUT2D eigenvalue weighted by Crippen LogP contribution is 2.30. The van der Waals surface area contributed by atoms with E-state index >= 15 is 0 Å². The van der Waals surface area contributed by atoms with Gasteiger partial charge < -0.3 is 20.1 Å². The van der Waals surface area contributed by atoms with E-state index in [1.165, 1.54) is 0 Å². The molecule has 6 nitrogen and oxygen atoms in total. The van der Waals surface area contributed by atoms with Gasteiger partial charge in [0.2, 0.25) is 11.8 Å². The van der Waals surface area contributed by atoms with E-state index in [1.54, 1.807) is 0 Å². The molecule has 0 aliphatic heterocycles. The SMILES string of the molecule is O=C(CCCCCCCCC(=O)Nc1ccccc1Oc1ccccc1)Nc1ccccc1Oc1ccccc1. The average molecular weight is 537 g/mol. The second-order valence-corrected chi connectivity index (χ2v) is 9.54. The normalized spacial score (nSPS) is 10.5. The standard InChI is InChI=1S/C34H36N2O4/c37-33(35-29-21-13-15-23-31(29)39-27-17-7-5-8-18-27)25-11-3-1-2-4-12-26-34(38)36-30-22-14-16-24-32(30)40-28-19-9-6-10-20-28/h5-10,13-24H,1-4,11-12,25-26H2,(H,35,37)(H,36,38). The molecule has 206 valence electrons. The van der Waals surface area contributed by atoms with Crippen LogP contribution >= 0.6 is 0 Å². The van der Waals surface area contributed by atoms with E-state index in [0.29, 0.717) is 35.7 Å². The molecule has 2 N–H and O–H groups in total. The molecule has 4 aromatic carbocycles. The van der Waals surface area contributed by atoms with Crippen molar-refractivity contribution in [1.29, 1.82) is 0 Å². The molecule has 0 unspecified atom stereocenters. The van der Waals surface area contributed by atoms with Gasteiger partial charge in [0, 0.05) is 12.8 Å². The number of benzene rings is 4. The van der Waals surface area contributed by atoms with Gasteiger partial charge in [-0.1, -0.05) is 86.3 Å². The Morgan fingerprint density at radius 2 is 0.800 bits per heavy atom. The van der Waals surface area contributed by atoms with Gasteiger partial charge in [-0.25, -0.2) is 0 Å². The smallest absolute Gasteiger partial charge is 0.224 e. The van der Waals surface area contributed by atoms with Gasteiger partial charge in [0.15, 0.2) is 11.5 Å². The minimum Gasteiger partial charge on any atom is -0.455 e. The maximum atomic E-state index is 12.5. The first-order valence-electron chi connectivity index (χ1n) is 13.9. The summed E-state index contributed by atoms with van der Waals surface area (Å²) in [7, 11) is 0. The molecule has 0 saturated heterocycles. The number of ether oxygens (including phenoxy) is 2. The van der Waals surface area contributed by atoms with Crippen molar-refractivity contribution in [2.24, 2.45) is 0 Å². The Kier molecular flexibility index (Phi) is 11.2. The first kappa shape index (κ1) is 28.4. The molecule has 0 spiro atoms. The van der Waals surface area contributed by atoms with Crippen LogP contribution in [0.2, 0.25) is 0 Å². The Bertz CT molecular complexity index is 1240. The summed E-state index contributed by atoms with van der Waals surface area (Å²) in [6.45, 7) is 0. The predicted molar refractivity (Wildman–Crippen MR) is 160 cm³/mol. The summed E-state index contributed by atoms with van der Waals surface area (Å²) in [6.07, 6.45) is 6.61. The molecule has 0 aromatic heterocycles. The minimum absolute atomic E-state index is 0.0164. The number of carbonyl (C=O) groups is 2. The molecule has 4 aromatic rings. The molecular weight excluding hydrogens is 500 g/mol. The van der Waals surface area contributed by atoms with Crippen LogP contribution in [0, 0.1) is 0 Å². The summed E-state index contributed by atoms with van der Waals surface area (Å²) in [5.41, 5.74) is 1.34. The zero-order valence-corrected chi connectivity index (χ0v) is 22.7. The van der Waals surface area contributed by atoms with Gasteiger partial charge in [-0.2, -0.15) is 0 Å². The van der Waals surface area contributed by atoms with Crippen molar-refractivity contribution in [1.82, 2.24) is 0 Å². The van der Waals surface area contributed by atoms with Gasteiger partial charge in [-0.15, -0.1) is 0 Å². The van der Waals surface area contributed by atoms with Crippen LogP contribution in [0.15, 0.2) is 109 Å². The Balaban J connectivity index is 1.08. The molecular formula is C34H36N2O4. The Morgan fingerprint density at radius 3 is 1.23 bits per heavy atom. The lowest BCUT2D eigenvalue weighted by molar-refractivity contribution is -0.117. The van der Waals surface area contributed by atoms with Crippen LogP contribution in [-0.2, 0) is 9.59 Å². The van der Waals surface area contributed by atoms with E-state index in [1.807, 2.05) is 109 Å². The Hall–Kier alpha value is -4.58. The molecule has 0 aliphatic carbocycles. The number of nitrogens with one attached hydrogen (secondary N) is 2. The summed E-state index contributed by atoms with van der Waals surface area (Å²) >= 11 is 0. The van der Waals surface area contributed by atoms with Gasteiger partial charge in [-0.3, -0.25) is 9.59 Å². The number of para-hydroxylation sites is 6. The summed E-state index contributed by atoms with van der Waals surface area (Å²) in [6, 6.07) is 34.0. The summed E-state index contributed by atoms with van der Waals surface area (Å²) in [4.78, 5) is 25.0. The monoisotopic (exact) mass is 536 g/mol. The lowest BCUT2D eigenvalue weighted by Gasteiger charge is -2.12. The van der Waals surface area contributed by atoms with Crippen LogP contribution < -0.4 is 20.1 Å². The summed E-state index contributed by atoms with van der Waals surface area (Å²) in [5.74, 6) is 2.67. The highest BCUT2D eigenvalue weighted by molar-refractivity contribution is 5.92. The number of anilines is 2. The first-order valence-corrected chi connectivity index (χ1v) is 13.9. The van der Waals surface area contributed by atoms with E-state index in [9.17, 15) is 9.59 Å². The summed E-state index contributed by atoms with van der Waals surface area (Å²) in [5, 5.41) is 5.95. The second kappa shape index (κ2) is 15.7. The van der Waals surface area contributed by atoms with Crippen LogP contribution in [-0.4, -0.2) is 11.8 Å². The second-order valence-electron chi connectivity index (χ2n) is 9.54. The lowest BCUT2D eigenvalue weighted by atomic mass is 10.1. The molecule has 40 heavy (non-hydrogen) atoms. The molecule has 0 atom stereocenters. The first-order chi connectivity index (χ1) is 19.7. The molecule has 0 heterocycles. The molecule has 4 rings (SSSR count). The van der Waals surface area contributed by atoms with Crippen LogP contribution in [0.5, 0.6) is 23.0 Å². The maximum absolute atomic E-state index is 12.5. The van der Waals surface area contributed by atoms with Gasteiger partial charge in [0.05, 0.1) is 11.4 Å². The van der Waals surface area contributed by atoms with Crippen molar-refractivity contribution in [3.8, 4) is 23.0 Å². The van der Waals surface area contributed by atoms with Gasteiger partial charge in [-0.05, 0) is 61.4 Å². The zero-order valence-electron chi connectivity index (χ0n) is 22.7. The Labute approximate surface area is 236 Å². The van der Waals surface area contributed by atoms with Crippen molar-refractivity contribution >= 4 is 23.2 Å². The Morgan fingerprint density at radius 1 is 0.450 bits per heavy atom. The van der Waals surface area contributed by atoms with Gasteiger partial charge in [0.25, 0.3) is 0 Å². The van der Waals surface area contributed by atoms with Gasteiger partial charge in [0.1, 0.15) is 11.5 Å². The number of amides is 2. The van der Waals surface area contributed by atoms with E-state index in [-0.39, 0.29) is 11.8 Å². The zero-order chi connectivity index (χ0) is 27.8.